The fraction of sp³-hybridized carbons (Fsp3) is 0.857. The van der Waals surface area contributed by atoms with Crippen molar-refractivity contribution >= 4 is 11.9 Å². The summed E-state index contributed by atoms with van der Waals surface area (Å²) < 4.78 is 4.54. The molecular weight excluding hydrogens is 260 g/mol. The second-order valence-corrected chi connectivity index (χ2v) is 5.16. The smallest absolute Gasteiger partial charge is 0.305 e. The molecule has 1 heterocycles. The van der Waals surface area contributed by atoms with Crippen LogP contribution in [0.3, 0.4) is 0 Å². The molecule has 0 radical (unpaired) electrons. The number of carbonyl (C=O) groups excluding carboxylic acids is 2. The molecule has 1 amide bonds. The van der Waals surface area contributed by atoms with E-state index in [1.807, 2.05) is 0 Å². The Morgan fingerprint density at radius 3 is 2.90 bits per heavy atom. The molecule has 0 aromatic rings. The third-order valence-corrected chi connectivity index (χ3v) is 3.67. The number of methoxy groups -OCH3 is 1. The number of aliphatic hydroxyl groups excluding tert-OH is 1. The minimum atomic E-state index is -0.252. The van der Waals surface area contributed by atoms with E-state index < -0.39 is 0 Å². The number of carbonyl (C=O) groups is 2. The average Bonchev–Trinajstić information content (AvgIpc) is 2.45. The van der Waals surface area contributed by atoms with Crippen LogP contribution in [0, 0.1) is 0 Å². The number of aliphatic hydroxyl groups is 1. The van der Waals surface area contributed by atoms with Crippen LogP contribution in [0.5, 0.6) is 0 Å². The first-order valence-electron chi connectivity index (χ1n) is 7.35. The van der Waals surface area contributed by atoms with Gasteiger partial charge in [-0.15, -0.1) is 0 Å². The lowest BCUT2D eigenvalue weighted by Gasteiger charge is -2.34. The van der Waals surface area contributed by atoms with E-state index in [9.17, 15) is 9.59 Å². The molecule has 6 heteroatoms. The molecule has 0 aliphatic carbocycles. The Kier molecular flexibility index (Phi) is 8.22. The van der Waals surface area contributed by atoms with E-state index in [0.29, 0.717) is 32.0 Å². The molecule has 1 aliphatic rings. The predicted molar refractivity (Wildman–Crippen MR) is 75.2 cm³/mol. The van der Waals surface area contributed by atoms with Gasteiger partial charge >= 0.3 is 5.97 Å². The number of rotatable bonds is 8. The third-order valence-electron chi connectivity index (χ3n) is 3.67. The second kappa shape index (κ2) is 9.72. The summed E-state index contributed by atoms with van der Waals surface area (Å²) in [5, 5.41) is 11.9. The van der Waals surface area contributed by atoms with Crippen molar-refractivity contribution in [1.82, 2.24) is 10.2 Å². The molecule has 1 saturated heterocycles. The van der Waals surface area contributed by atoms with Gasteiger partial charge in [0.15, 0.2) is 0 Å². The van der Waals surface area contributed by atoms with E-state index >= 15 is 0 Å². The highest BCUT2D eigenvalue weighted by Crippen LogP contribution is 2.18. The minimum absolute atomic E-state index is 0.0142. The van der Waals surface area contributed by atoms with Crippen molar-refractivity contribution in [3.63, 3.8) is 0 Å². The summed E-state index contributed by atoms with van der Waals surface area (Å²) in [6, 6.07) is 0.314. The third kappa shape index (κ3) is 6.34. The number of ether oxygens (including phenoxy) is 1. The number of nitrogens with one attached hydrogen (secondary N) is 1. The summed E-state index contributed by atoms with van der Waals surface area (Å²) in [4.78, 5) is 24.9. The lowest BCUT2D eigenvalue weighted by atomic mass is 10.00. The fourth-order valence-corrected chi connectivity index (χ4v) is 2.55. The van der Waals surface area contributed by atoms with Gasteiger partial charge in [0.1, 0.15) is 0 Å². The van der Waals surface area contributed by atoms with Crippen LogP contribution in [0.25, 0.3) is 0 Å². The van der Waals surface area contributed by atoms with Gasteiger partial charge in [0.05, 0.1) is 13.7 Å². The first-order valence-corrected chi connectivity index (χ1v) is 7.35. The van der Waals surface area contributed by atoms with Crippen molar-refractivity contribution in [2.24, 2.45) is 0 Å². The summed E-state index contributed by atoms with van der Waals surface area (Å²) in [7, 11) is 1.36. The number of likely N-dealkylation sites (tertiary alicyclic amines) is 1. The molecule has 0 bridgehead atoms. The molecule has 6 nitrogen and oxygen atoms in total. The van der Waals surface area contributed by atoms with Gasteiger partial charge in [0.25, 0.3) is 0 Å². The lowest BCUT2D eigenvalue weighted by molar-refractivity contribution is -0.140. The summed E-state index contributed by atoms with van der Waals surface area (Å²) in [6.07, 6.45) is 4.98. The number of hydrogen-bond acceptors (Lipinski definition) is 5. The number of piperidine rings is 1. The van der Waals surface area contributed by atoms with Gasteiger partial charge in [0.2, 0.25) is 5.91 Å². The molecule has 0 saturated carbocycles. The van der Waals surface area contributed by atoms with E-state index in [0.717, 1.165) is 25.8 Å². The Bertz CT molecular complexity index is 308. The standard InChI is InChI=1S/C14H26N2O4/c1-20-14(19)6-4-8-15-13(18)11-16-9-3-2-5-12(16)7-10-17/h12,17H,2-11H2,1H3,(H,15,18). The largest absolute Gasteiger partial charge is 0.469 e. The van der Waals surface area contributed by atoms with E-state index in [1.54, 1.807) is 0 Å². The Morgan fingerprint density at radius 1 is 1.40 bits per heavy atom. The number of nitrogens with zero attached hydrogens (tertiary/aromatic N) is 1. The van der Waals surface area contributed by atoms with Crippen molar-refractivity contribution in [1.29, 1.82) is 0 Å². The molecular formula is C14H26N2O4. The van der Waals surface area contributed by atoms with Gasteiger partial charge < -0.3 is 15.2 Å². The van der Waals surface area contributed by atoms with Crippen molar-refractivity contribution in [2.75, 3.05) is 33.4 Å². The zero-order valence-corrected chi connectivity index (χ0v) is 12.3. The predicted octanol–water partition coefficient (Wildman–Crippen LogP) is 0.293. The summed E-state index contributed by atoms with van der Waals surface area (Å²) >= 11 is 0. The molecule has 0 aromatic carbocycles. The highest BCUT2D eigenvalue weighted by molar-refractivity contribution is 5.78. The molecule has 0 aromatic heterocycles. The summed E-state index contributed by atoms with van der Waals surface area (Å²) in [5.74, 6) is -0.266. The molecule has 1 rings (SSSR count). The van der Waals surface area contributed by atoms with Crippen LogP contribution >= 0.6 is 0 Å². The maximum absolute atomic E-state index is 11.8. The molecule has 1 unspecified atom stereocenters. The monoisotopic (exact) mass is 286 g/mol. The highest BCUT2D eigenvalue weighted by atomic mass is 16.5. The normalized spacial score (nSPS) is 19.6. The number of amides is 1. The SMILES string of the molecule is COC(=O)CCCNC(=O)CN1CCCCC1CCO. The van der Waals surface area contributed by atoms with Gasteiger partial charge in [0, 0.05) is 25.6 Å². The highest BCUT2D eigenvalue weighted by Gasteiger charge is 2.23. The summed E-state index contributed by atoms with van der Waals surface area (Å²) in [5.41, 5.74) is 0. The molecule has 1 fully saturated rings. The zero-order chi connectivity index (χ0) is 14.8. The molecule has 1 aliphatic heterocycles. The van der Waals surface area contributed by atoms with Crippen LogP contribution in [-0.4, -0.2) is 61.3 Å². The van der Waals surface area contributed by atoms with Crippen molar-refractivity contribution in [3.8, 4) is 0 Å². The number of hydrogen-bond donors (Lipinski definition) is 2. The van der Waals surface area contributed by atoms with Gasteiger partial charge in [-0.3, -0.25) is 14.5 Å². The van der Waals surface area contributed by atoms with E-state index in [-0.39, 0.29) is 18.5 Å². The average molecular weight is 286 g/mol. The fourth-order valence-electron chi connectivity index (χ4n) is 2.55. The van der Waals surface area contributed by atoms with Gasteiger partial charge in [-0.2, -0.15) is 0 Å². The molecule has 20 heavy (non-hydrogen) atoms. The summed E-state index contributed by atoms with van der Waals surface area (Å²) in [6.45, 7) is 1.96. The topological polar surface area (TPSA) is 78.9 Å². The maximum Gasteiger partial charge on any atom is 0.305 e. The first kappa shape index (κ1) is 16.9. The first-order chi connectivity index (χ1) is 9.67. The Labute approximate surface area is 120 Å². The van der Waals surface area contributed by atoms with Gasteiger partial charge in [-0.1, -0.05) is 6.42 Å². The molecule has 2 N–H and O–H groups in total. The maximum atomic E-state index is 11.8. The van der Waals surface area contributed by atoms with Crippen LogP contribution in [0.2, 0.25) is 0 Å². The Hall–Kier alpha value is -1.14. The molecule has 116 valence electrons. The quantitative estimate of drug-likeness (QED) is 0.495. The Balaban J connectivity index is 2.21. The second-order valence-electron chi connectivity index (χ2n) is 5.16. The van der Waals surface area contributed by atoms with E-state index in [4.69, 9.17) is 5.11 Å². The lowest BCUT2D eigenvalue weighted by Crippen LogP contribution is -2.46. The van der Waals surface area contributed by atoms with Crippen molar-refractivity contribution in [3.05, 3.63) is 0 Å². The zero-order valence-electron chi connectivity index (χ0n) is 12.3. The van der Waals surface area contributed by atoms with Crippen molar-refractivity contribution in [2.45, 2.75) is 44.6 Å². The van der Waals surface area contributed by atoms with Gasteiger partial charge in [-0.25, -0.2) is 0 Å². The number of esters is 1. The van der Waals surface area contributed by atoms with E-state index in [2.05, 4.69) is 15.0 Å². The van der Waals surface area contributed by atoms with Crippen LogP contribution in [0.1, 0.15) is 38.5 Å². The van der Waals surface area contributed by atoms with Crippen LogP contribution in [-0.2, 0) is 14.3 Å². The van der Waals surface area contributed by atoms with Crippen LogP contribution in [0.4, 0.5) is 0 Å². The van der Waals surface area contributed by atoms with Crippen molar-refractivity contribution < 1.29 is 19.4 Å². The van der Waals surface area contributed by atoms with Gasteiger partial charge in [-0.05, 0) is 32.2 Å². The van der Waals surface area contributed by atoms with E-state index in [1.165, 1.54) is 13.5 Å². The molecule has 0 spiro atoms. The Morgan fingerprint density at radius 2 is 2.20 bits per heavy atom. The van der Waals surface area contributed by atoms with Crippen LogP contribution < -0.4 is 5.32 Å². The molecule has 1 atom stereocenters. The van der Waals surface area contributed by atoms with Crippen LogP contribution in [0.15, 0.2) is 0 Å². The minimum Gasteiger partial charge on any atom is -0.469 e.